The summed E-state index contributed by atoms with van der Waals surface area (Å²) in [5.41, 5.74) is 2.82. The number of aryl methyl sites for hydroxylation is 2. The van der Waals surface area contributed by atoms with Crippen LogP contribution in [0.1, 0.15) is 23.1 Å². The molecule has 1 aromatic carbocycles. The van der Waals surface area contributed by atoms with Crippen LogP contribution in [0, 0.1) is 13.8 Å². The van der Waals surface area contributed by atoms with Crippen LogP contribution in [0.25, 0.3) is 0 Å². The van der Waals surface area contributed by atoms with Gasteiger partial charge in [-0.2, -0.15) is 0 Å². The predicted molar refractivity (Wildman–Crippen MR) is 52.0 cm³/mol. The lowest BCUT2D eigenvalue weighted by Crippen LogP contribution is -1.92. The van der Waals surface area contributed by atoms with Gasteiger partial charge in [0.15, 0.2) is 0 Å². The SMILES string of the molecule is Cc1ccc(CCC=O)c(C)c1O. The Morgan fingerprint density at radius 3 is 2.69 bits per heavy atom. The van der Waals surface area contributed by atoms with Gasteiger partial charge in [-0.05, 0) is 37.0 Å². The quantitative estimate of drug-likeness (QED) is 0.720. The smallest absolute Gasteiger partial charge is 0.121 e. The number of hydrogen-bond donors (Lipinski definition) is 1. The summed E-state index contributed by atoms with van der Waals surface area (Å²) in [7, 11) is 0. The van der Waals surface area contributed by atoms with Crippen molar-refractivity contribution in [2.75, 3.05) is 0 Å². The number of aldehydes is 1. The van der Waals surface area contributed by atoms with E-state index in [0.29, 0.717) is 18.6 Å². The molecule has 0 aliphatic carbocycles. The average molecular weight is 178 g/mol. The van der Waals surface area contributed by atoms with Gasteiger partial charge in [-0.25, -0.2) is 0 Å². The maximum Gasteiger partial charge on any atom is 0.121 e. The monoisotopic (exact) mass is 178 g/mol. The number of hydrogen-bond acceptors (Lipinski definition) is 2. The van der Waals surface area contributed by atoms with Gasteiger partial charge in [-0.15, -0.1) is 0 Å². The van der Waals surface area contributed by atoms with Gasteiger partial charge >= 0.3 is 0 Å². The van der Waals surface area contributed by atoms with Gasteiger partial charge < -0.3 is 9.90 Å². The molecule has 2 nitrogen and oxygen atoms in total. The fourth-order valence-electron chi connectivity index (χ4n) is 1.36. The zero-order valence-electron chi connectivity index (χ0n) is 8.00. The van der Waals surface area contributed by atoms with E-state index in [1.165, 1.54) is 0 Å². The molecule has 0 aromatic heterocycles. The second-order valence-electron chi connectivity index (χ2n) is 3.22. The van der Waals surface area contributed by atoms with Crippen LogP contribution < -0.4 is 0 Å². The normalized spacial score (nSPS) is 10.0. The summed E-state index contributed by atoms with van der Waals surface area (Å²) in [6, 6.07) is 3.84. The van der Waals surface area contributed by atoms with Crippen LogP contribution in [0.15, 0.2) is 12.1 Å². The lowest BCUT2D eigenvalue weighted by Gasteiger charge is -2.08. The van der Waals surface area contributed by atoms with E-state index in [2.05, 4.69) is 0 Å². The van der Waals surface area contributed by atoms with Crippen LogP contribution in [-0.2, 0) is 11.2 Å². The van der Waals surface area contributed by atoms with Crippen molar-refractivity contribution in [1.29, 1.82) is 0 Å². The maximum absolute atomic E-state index is 10.2. The summed E-state index contributed by atoms with van der Waals surface area (Å²) >= 11 is 0. The van der Waals surface area contributed by atoms with Crippen molar-refractivity contribution in [2.45, 2.75) is 26.7 Å². The molecule has 0 saturated carbocycles. The van der Waals surface area contributed by atoms with Gasteiger partial charge in [-0.3, -0.25) is 0 Å². The summed E-state index contributed by atoms with van der Waals surface area (Å²) < 4.78 is 0. The van der Waals surface area contributed by atoms with Gasteiger partial charge in [-0.1, -0.05) is 12.1 Å². The fraction of sp³-hybridized carbons (Fsp3) is 0.364. The van der Waals surface area contributed by atoms with E-state index in [0.717, 1.165) is 23.0 Å². The molecular weight excluding hydrogens is 164 g/mol. The molecule has 0 heterocycles. The van der Waals surface area contributed by atoms with Gasteiger partial charge in [0, 0.05) is 6.42 Å². The standard InChI is InChI=1S/C11H14O2/c1-8-5-6-10(4-3-7-12)9(2)11(8)13/h5-7,13H,3-4H2,1-2H3. The number of carbonyl (C=O) groups is 1. The molecule has 0 radical (unpaired) electrons. The molecule has 70 valence electrons. The Balaban J connectivity index is 2.96. The van der Waals surface area contributed by atoms with E-state index in [4.69, 9.17) is 0 Å². The first-order valence-electron chi connectivity index (χ1n) is 4.38. The van der Waals surface area contributed by atoms with Crippen LogP contribution in [0.4, 0.5) is 0 Å². The minimum absolute atomic E-state index is 0.350. The lowest BCUT2D eigenvalue weighted by molar-refractivity contribution is -0.107. The zero-order chi connectivity index (χ0) is 9.84. The van der Waals surface area contributed by atoms with Crippen LogP contribution in [0.3, 0.4) is 0 Å². The van der Waals surface area contributed by atoms with E-state index in [-0.39, 0.29) is 0 Å². The number of phenols is 1. The molecule has 0 bridgehead atoms. The number of phenolic OH excluding ortho intramolecular Hbond substituents is 1. The molecule has 1 N–H and O–H groups in total. The summed E-state index contributed by atoms with van der Waals surface area (Å²) in [5, 5.41) is 9.60. The molecule has 0 fully saturated rings. The Morgan fingerprint density at radius 2 is 2.08 bits per heavy atom. The lowest BCUT2D eigenvalue weighted by atomic mass is 10.0. The molecule has 0 saturated heterocycles. The van der Waals surface area contributed by atoms with Gasteiger partial charge in [0.05, 0.1) is 0 Å². The first-order valence-corrected chi connectivity index (χ1v) is 4.38. The Bertz CT molecular complexity index is 316. The molecule has 0 aliphatic rings. The maximum atomic E-state index is 10.2. The van der Waals surface area contributed by atoms with Crippen LogP contribution >= 0.6 is 0 Å². The van der Waals surface area contributed by atoms with Crippen molar-refractivity contribution in [3.05, 3.63) is 28.8 Å². The zero-order valence-corrected chi connectivity index (χ0v) is 8.00. The average Bonchev–Trinajstić information content (AvgIpc) is 2.13. The van der Waals surface area contributed by atoms with Crippen molar-refractivity contribution in [3.8, 4) is 5.75 Å². The molecule has 0 amide bonds. The molecule has 13 heavy (non-hydrogen) atoms. The molecule has 0 unspecified atom stereocenters. The summed E-state index contributed by atoms with van der Waals surface area (Å²) in [6.07, 6.45) is 2.13. The van der Waals surface area contributed by atoms with E-state index in [9.17, 15) is 9.90 Å². The molecule has 0 atom stereocenters. The Morgan fingerprint density at radius 1 is 1.38 bits per heavy atom. The minimum atomic E-state index is 0.350. The number of aromatic hydroxyl groups is 1. The third kappa shape index (κ3) is 2.08. The highest BCUT2D eigenvalue weighted by Gasteiger charge is 2.04. The van der Waals surface area contributed by atoms with Crippen molar-refractivity contribution >= 4 is 6.29 Å². The summed E-state index contributed by atoms with van der Waals surface area (Å²) in [5.74, 6) is 0.350. The number of rotatable bonds is 3. The highest BCUT2D eigenvalue weighted by Crippen LogP contribution is 2.24. The van der Waals surface area contributed by atoms with Crippen LogP contribution in [0.2, 0.25) is 0 Å². The molecule has 0 aliphatic heterocycles. The van der Waals surface area contributed by atoms with Crippen LogP contribution in [0.5, 0.6) is 5.75 Å². The Kier molecular flexibility index (Phi) is 3.07. The van der Waals surface area contributed by atoms with E-state index < -0.39 is 0 Å². The third-order valence-corrected chi connectivity index (χ3v) is 2.28. The second-order valence-corrected chi connectivity index (χ2v) is 3.22. The molecule has 1 aromatic rings. The summed E-state index contributed by atoms with van der Waals surface area (Å²) in [4.78, 5) is 10.2. The van der Waals surface area contributed by atoms with E-state index >= 15 is 0 Å². The first kappa shape index (κ1) is 9.78. The molecule has 0 spiro atoms. The molecular formula is C11H14O2. The fourth-order valence-corrected chi connectivity index (χ4v) is 1.36. The van der Waals surface area contributed by atoms with Crippen LogP contribution in [-0.4, -0.2) is 11.4 Å². The highest BCUT2D eigenvalue weighted by molar-refractivity contribution is 5.51. The largest absolute Gasteiger partial charge is 0.507 e. The van der Waals surface area contributed by atoms with E-state index in [1.54, 1.807) is 0 Å². The highest BCUT2D eigenvalue weighted by atomic mass is 16.3. The Hall–Kier alpha value is -1.31. The number of carbonyl (C=O) groups excluding carboxylic acids is 1. The van der Waals surface area contributed by atoms with Crippen molar-refractivity contribution in [2.24, 2.45) is 0 Å². The van der Waals surface area contributed by atoms with Crippen molar-refractivity contribution < 1.29 is 9.90 Å². The third-order valence-electron chi connectivity index (χ3n) is 2.28. The van der Waals surface area contributed by atoms with Crippen molar-refractivity contribution in [3.63, 3.8) is 0 Å². The van der Waals surface area contributed by atoms with Gasteiger partial charge in [0.2, 0.25) is 0 Å². The van der Waals surface area contributed by atoms with Crippen molar-refractivity contribution in [1.82, 2.24) is 0 Å². The minimum Gasteiger partial charge on any atom is -0.507 e. The summed E-state index contributed by atoms with van der Waals surface area (Å²) in [6.45, 7) is 3.74. The second kappa shape index (κ2) is 4.08. The molecule has 1 rings (SSSR count). The topological polar surface area (TPSA) is 37.3 Å². The first-order chi connectivity index (χ1) is 6.16. The van der Waals surface area contributed by atoms with Gasteiger partial charge in [0.25, 0.3) is 0 Å². The molecule has 2 heteroatoms. The van der Waals surface area contributed by atoms with E-state index in [1.807, 2.05) is 26.0 Å². The Labute approximate surface area is 78.2 Å². The predicted octanol–water partition coefficient (Wildman–Crippen LogP) is 2.14. The number of benzene rings is 1. The van der Waals surface area contributed by atoms with Gasteiger partial charge in [0.1, 0.15) is 12.0 Å².